The fourth-order valence-corrected chi connectivity index (χ4v) is 1.05. The minimum Gasteiger partial charge on any atom is -0.507 e. The molecule has 1 amide bonds. The van der Waals surface area contributed by atoms with Crippen molar-refractivity contribution in [2.45, 2.75) is 13.8 Å². The Kier molecular flexibility index (Phi) is 3.88. The van der Waals surface area contributed by atoms with E-state index in [0.717, 1.165) is 0 Å². The number of rotatable bonds is 3. The Morgan fingerprint density at radius 2 is 2.25 bits per heavy atom. The standard InChI is InChI=1S/C11H15N3O2/c1-7(2)6-13-14-11(16)9-4-3-8(12)5-10(9)15/h3-7,15H,12H2,1-2H3,(H,14,16). The van der Waals surface area contributed by atoms with Gasteiger partial charge in [0.2, 0.25) is 0 Å². The van der Waals surface area contributed by atoms with Gasteiger partial charge in [-0.15, -0.1) is 0 Å². The Bertz CT molecular complexity index is 414. The first-order valence-electron chi connectivity index (χ1n) is 4.92. The lowest BCUT2D eigenvalue weighted by atomic mass is 10.2. The highest BCUT2D eigenvalue weighted by molar-refractivity contribution is 5.97. The van der Waals surface area contributed by atoms with E-state index < -0.39 is 5.91 Å². The molecule has 0 bridgehead atoms. The van der Waals surface area contributed by atoms with Gasteiger partial charge in [0.05, 0.1) is 5.56 Å². The Morgan fingerprint density at radius 1 is 1.56 bits per heavy atom. The molecule has 0 aliphatic carbocycles. The summed E-state index contributed by atoms with van der Waals surface area (Å²) >= 11 is 0. The molecule has 1 aromatic rings. The summed E-state index contributed by atoms with van der Waals surface area (Å²) in [6.45, 7) is 3.88. The molecule has 0 radical (unpaired) electrons. The molecule has 0 aliphatic rings. The van der Waals surface area contributed by atoms with E-state index in [9.17, 15) is 9.90 Å². The summed E-state index contributed by atoms with van der Waals surface area (Å²) in [7, 11) is 0. The zero-order valence-electron chi connectivity index (χ0n) is 9.27. The number of hydrogen-bond donors (Lipinski definition) is 3. The van der Waals surface area contributed by atoms with Gasteiger partial charge in [-0.2, -0.15) is 5.10 Å². The van der Waals surface area contributed by atoms with E-state index in [-0.39, 0.29) is 17.2 Å². The van der Waals surface area contributed by atoms with Gasteiger partial charge in [-0.1, -0.05) is 13.8 Å². The van der Waals surface area contributed by atoms with E-state index in [0.29, 0.717) is 5.69 Å². The molecule has 0 unspecified atom stereocenters. The number of nitrogens with zero attached hydrogens (tertiary/aromatic N) is 1. The van der Waals surface area contributed by atoms with Gasteiger partial charge in [0.15, 0.2) is 0 Å². The highest BCUT2D eigenvalue weighted by Crippen LogP contribution is 2.19. The highest BCUT2D eigenvalue weighted by Gasteiger charge is 2.09. The summed E-state index contributed by atoms with van der Waals surface area (Å²) in [4.78, 5) is 11.5. The van der Waals surface area contributed by atoms with Crippen LogP contribution in [0.1, 0.15) is 24.2 Å². The molecular weight excluding hydrogens is 206 g/mol. The number of nitrogens with two attached hydrogens (primary N) is 1. The zero-order valence-corrected chi connectivity index (χ0v) is 9.27. The van der Waals surface area contributed by atoms with Crippen LogP contribution in [0, 0.1) is 5.92 Å². The molecule has 1 rings (SSSR count). The number of anilines is 1. The van der Waals surface area contributed by atoms with Crippen LogP contribution < -0.4 is 11.2 Å². The smallest absolute Gasteiger partial charge is 0.275 e. The number of phenolic OH excluding ortho intramolecular Hbond substituents is 1. The van der Waals surface area contributed by atoms with Crippen LogP contribution in [0.3, 0.4) is 0 Å². The molecule has 16 heavy (non-hydrogen) atoms. The quantitative estimate of drug-likeness (QED) is 0.409. The predicted molar refractivity (Wildman–Crippen MR) is 63.3 cm³/mol. The predicted octanol–water partition coefficient (Wildman–Crippen LogP) is 1.35. The zero-order chi connectivity index (χ0) is 12.1. The van der Waals surface area contributed by atoms with E-state index in [1.807, 2.05) is 13.8 Å². The number of carbonyl (C=O) groups is 1. The summed E-state index contributed by atoms with van der Waals surface area (Å²) in [6, 6.07) is 4.31. The third-order valence-electron chi connectivity index (χ3n) is 1.81. The lowest BCUT2D eigenvalue weighted by Crippen LogP contribution is -2.18. The van der Waals surface area contributed by atoms with Crippen LogP contribution in [0.4, 0.5) is 5.69 Å². The van der Waals surface area contributed by atoms with Crippen molar-refractivity contribution in [1.29, 1.82) is 0 Å². The maximum absolute atomic E-state index is 11.5. The van der Waals surface area contributed by atoms with Crippen LogP contribution >= 0.6 is 0 Å². The lowest BCUT2D eigenvalue weighted by molar-refractivity contribution is 0.0952. The largest absolute Gasteiger partial charge is 0.507 e. The molecule has 0 aliphatic heterocycles. The number of nitrogen functional groups attached to an aromatic ring is 1. The van der Waals surface area contributed by atoms with E-state index >= 15 is 0 Å². The maximum Gasteiger partial charge on any atom is 0.275 e. The number of hydrazone groups is 1. The van der Waals surface area contributed by atoms with Gasteiger partial charge in [0.25, 0.3) is 5.91 Å². The normalized spacial score (nSPS) is 10.9. The Hall–Kier alpha value is -2.04. The number of hydrogen-bond acceptors (Lipinski definition) is 4. The van der Waals surface area contributed by atoms with Gasteiger partial charge in [-0.3, -0.25) is 4.79 Å². The van der Waals surface area contributed by atoms with Crippen molar-refractivity contribution in [3.63, 3.8) is 0 Å². The number of phenols is 1. The Balaban J connectivity index is 2.74. The van der Waals surface area contributed by atoms with Crippen molar-refractivity contribution < 1.29 is 9.90 Å². The Morgan fingerprint density at radius 3 is 2.81 bits per heavy atom. The summed E-state index contributed by atoms with van der Waals surface area (Å²) in [5.41, 5.74) is 8.32. The van der Waals surface area contributed by atoms with E-state index in [2.05, 4.69) is 10.5 Å². The molecule has 5 nitrogen and oxygen atoms in total. The number of aromatic hydroxyl groups is 1. The first kappa shape index (κ1) is 12.0. The third-order valence-corrected chi connectivity index (χ3v) is 1.81. The second-order valence-corrected chi connectivity index (χ2v) is 3.74. The number of carbonyl (C=O) groups excluding carboxylic acids is 1. The van der Waals surface area contributed by atoms with Crippen molar-refractivity contribution >= 4 is 17.8 Å². The minimum atomic E-state index is -0.464. The molecule has 0 saturated heterocycles. The molecule has 4 N–H and O–H groups in total. The lowest BCUT2D eigenvalue weighted by Gasteiger charge is -2.03. The first-order valence-corrected chi connectivity index (χ1v) is 4.92. The van der Waals surface area contributed by atoms with Crippen LogP contribution in [0.15, 0.2) is 23.3 Å². The summed E-state index contributed by atoms with van der Waals surface area (Å²) in [6.07, 6.45) is 1.60. The first-order chi connectivity index (χ1) is 7.50. The monoisotopic (exact) mass is 221 g/mol. The molecular formula is C11H15N3O2. The average Bonchev–Trinajstić information content (AvgIpc) is 2.16. The molecule has 0 atom stereocenters. The molecule has 0 spiro atoms. The fourth-order valence-electron chi connectivity index (χ4n) is 1.05. The fraction of sp³-hybridized carbons (Fsp3) is 0.273. The Labute approximate surface area is 94.0 Å². The van der Waals surface area contributed by atoms with Crippen molar-refractivity contribution in [3.8, 4) is 5.75 Å². The third kappa shape index (κ3) is 3.27. The van der Waals surface area contributed by atoms with Crippen molar-refractivity contribution in [1.82, 2.24) is 5.43 Å². The van der Waals surface area contributed by atoms with Crippen LogP contribution in [-0.2, 0) is 0 Å². The van der Waals surface area contributed by atoms with Gasteiger partial charge < -0.3 is 10.8 Å². The van der Waals surface area contributed by atoms with E-state index in [1.54, 1.807) is 12.3 Å². The van der Waals surface area contributed by atoms with Crippen LogP contribution in [0.2, 0.25) is 0 Å². The van der Waals surface area contributed by atoms with Gasteiger partial charge in [-0.25, -0.2) is 5.43 Å². The van der Waals surface area contributed by atoms with Gasteiger partial charge >= 0.3 is 0 Å². The second-order valence-electron chi connectivity index (χ2n) is 3.74. The number of benzene rings is 1. The summed E-state index contributed by atoms with van der Waals surface area (Å²) in [5, 5.41) is 13.2. The summed E-state index contributed by atoms with van der Waals surface area (Å²) < 4.78 is 0. The topological polar surface area (TPSA) is 87.7 Å². The van der Waals surface area contributed by atoms with E-state index in [1.165, 1.54) is 12.1 Å². The molecule has 86 valence electrons. The van der Waals surface area contributed by atoms with Gasteiger partial charge in [0.1, 0.15) is 5.75 Å². The number of amides is 1. The van der Waals surface area contributed by atoms with Crippen LogP contribution in [0.5, 0.6) is 5.75 Å². The van der Waals surface area contributed by atoms with Crippen molar-refractivity contribution in [2.24, 2.45) is 11.0 Å². The molecule has 0 heterocycles. The molecule has 1 aromatic carbocycles. The SMILES string of the molecule is CC(C)C=NNC(=O)c1ccc(N)cc1O. The van der Waals surface area contributed by atoms with Crippen molar-refractivity contribution in [3.05, 3.63) is 23.8 Å². The molecule has 0 saturated carbocycles. The second kappa shape index (κ2) is 5.16. The van der Waals surface area contributed by atoms with Gasteiger partial charge in [0, 0.05) is 18.0 Å². The molecule has 0 aromatic heterocycles. The highest BCUT2D eigenvalue weighted by atomic mass is 16.3. The van der Waals surface area contributed by atoms with Crippen LogP contribution in [0.25, 0.3) is 0 Å². The van der Waals surface area contributed by atoms with Crippen molar-refractivity contribution in [2.75, 3.05) is 5.73 Å². The average molecular weight is 221 g/mol. The van der Waals surface area contributed by atoms with E-state index in [4.69, 9.17) is 5.73 Å². The van der Waals surface area contributed by atoms with Gasteiger partial charge in [-0.05, 0) is 18.1 Å². The molecule has 0 fully saturated rings. The molecule has 5 heteroatoms. The number of nitrogens with one attached hydrogen (secondary N) is 1. The summed E-state index contributed by atoms with van der Waals surface area (Å²) in [5.74, 6) is -0.369. The van der Waals surface area contributed by atoms with Crippen LogP contribution in [-0.4, -0.2) is 17.2 Å². The maximum atomic E-state index is 11.5. The minimum absolute atomic E-state index is 0.148.